The summed E-state index contributed by atoms with van der Waals surface area (Å²) in [6.07, 6.45) is -3.03. The molecule has 0 atom stereocenters. The van der Waals surface area contributed by atoms with E-state index in [1.807, 2.05) is 0 Å². The zero-order valence-electron chi connectivity index (χ0n) is 8.99. The molecule has 0 aliphatic rings. The van der Waals surface area contributed by atoms with Crippen molar-refractivity contribution in [2.45, 2.75) is 13.1 Å². The lowest BCUT2D eigenvalue weighted by Gasteiger charge is -2.13. The molecule has 3 nitrogen and oxygen atoms in total. The van der Waals surface area contributed by atoms with Gasteiger partial charge >= 0.3 is 6.18 Å². The average Bonchev–Trinajstić information content (AvgIpc) is 2.56. The first kappa shape index (κ1) is 11.5. The summed E-state index contributed by atoms with van der Waals surface area (Å²) in [5.41, 5.74) is 4.78. The molecule has 1 heterocycles. The fraction of sp³-hybridized carbons (Fsp3) is 0.182. The maximum atomic E-state index is 12.8. The molecule has 0 unspecified atom stereocenters. The average molecular weight is 241 g/mol. The number of para-hydroxylation sites is 1. The Morgan fingerprint density at radius 3 is 2.41 bits per heavy atom. The molecule has 0 aliphatic carbocycles. The van der Waals surface area contributed by atoms with E-state index in [1.54, 1.807) is 13.0 Å². The molecule has 0 saturated carbocycles. The van der Waals surface area contributed by atoms with E-state index in [0.29, 0.717) is 5.82 Å². The van der Waals surface area contributed by atoms with Crippen molar-refractivity contribution >= 4 is 5.82 Å². The van der Waals surface area contributed by atoms with E-state index in [-0.39, 0.29) is 11.5 Å². The van der Waals surface area contributed by atoms with E-state index >= 15 is 0 Å². The Balaban J connectivity index is 2.64. The van der Waals surface area contributed by atoms with Gasteiger partial charge in [-0.1, -0.05) is 12.1 Å². The smallest absolute Gasteiger partial charge is 0.382 e. The van der Waals surface area contributed by atoms with E-state index in [2.05, 4.69) is 4.98 Å². The summed E-state index contributed by atoms with van der Waals surface area (Å²) in [6.45, 7) is 1.60. The fourth-order valence-electron chi connectivity index (χ4n) is 1.66. The van der Waals surface area contributed by atoms with Gasteiger partial charge in [-0.2, -0.15) is 13.2 Å². The Bertz CT molecular complexity index is 543. The molecule has 2 aromatic rings. The molecule has 17 heavy (non-hydrogen) atoms. The second-order valence-electron chi connectivity index (χ2n) is 3.60. The molecule has 0 saturated heterocycles. The van der Waals surface area contributed by atoms with Crippen LogP contribution >= 0.6 is 0 Å². The van der Waals surface area contributed by atoms with Crippen molar-refractivity contribution in [3.05, 3.63) is 41.9 Å². The minimum Gasteiger partial charge on any atom is -0.382 e. The van der Waals surface area contributed by atoms with Crippen molar-refractivity contribution in [2.75, 3.05) is 5.73 Å². The molecule has 0 amide bonds. The summed E-state index contributed by atoms with van der Waals surface area (Å²) in [5, 5.41) is 0. The van der Waals surface area contributed by atoms with Crippen molar-refractivity contribution in [2.24, 2.45) is 0 Å². The Labute approximate surface area is 95.7 Å². The second-order valence-corrected chi connectivity index (χ2v) is 3.60. The molecule has 1 aromatic carbocycles. The third kappa shape index (κ3) is 2.11. The first-order chi connectivity index (χ1) is 7.89. The molecule has 2 rings (SSSR count). The number of nitrogens with two attached hydrogens (primary N) is 1. The molecule has 0 fully saturated rings. The van der Waals surface area contributed by atoms with Crippen LogP contribution in [-0.2, 0) is 6.18 Å². The lowest BCUT2D eigenvalue weighted by molar-refractivity contribution is -0.137. The number of halogens is 3. The molecule has 0 aliphatic heterocycles. The van der Waals surface area contributed by atoms with Crippen molar-refractivity contribution < 1.29 is 13.2 Å². The van der Waals surface area contributed by atoms with E-state index < -0.39 is 11.7 Å². The highest BCUT2D eigenvalue weighted by Gasteiger charge is 2.33. The third-order valence-corrected chi connectivity index (χ3v) is 2.37. The highest BCUT2D eigenvalue weighted by Crippen LogP contribution is 2.34. The largest absolute Gasteiger partial charge is 0.418 e. The van der Waals surface area contributed by atoms with E-state index in [4.69, 9.17) is 5.73 Å². The van der Waals surface area contributed by atoms with Gasteiger partial charge in [-0.05, 0) is 19.1 Å². The second kappa shape index (κ2) is 3.80. The SMILES string of the molecule is Cc1nc(N)cn1-c1ccccc1C(F)(F)F. The summed E-state index contributed by atoms with van der Waals surface area (Å²) in [5.74, 6) is 0.610. The zero-order valence-corrected chi connectivity index (χ0v) is 8.99. The highest BCUT2D eigenvalue weighted by molar-refractivity contribution is 5.46. The van der Waals surface area contributed by atoms with Crippen LogP contribution in [0, 0.1) is 6.92 Å². The Morgan fingerprint density at radius 2 is 1.88 bits per heavy atom. The van der Waals surface area contributed by atoms with Crippen LogP contribution in [0.15, 0.2) is 30.5 Å². The van der Waals surface area contributed by atoms with Crippen LogP contribution in [0.3, 0.4) is 0 Å². The number of anilines is 1. The Morgan fingerprint density at radius 1 is 1.24 bits per heavy atom. The minimum absolute atomic E-state index is 0.0294. The predicted octanol–water partition coefficient (Wildman–Crippen LogP) is 2.78. The number of rotatable bonds is 1. The molecule has 90 valence electrons. The van der Waals surface area contributed by atoms with Gasteiger partial charge in [0, 0.05) is 0 Å². The zero-order chi connectivity index (χ0) is 12.6. The number of hydrogen-bond donors (Lipinski definition) is 1. The molecule has 6 heteroatoms. The van der Waals surface area contributed by atoms with Gasteiger partial charge < -0.3 is 10.3 Å². The van der Waals surface area contributed by atoms with Gasteiger partial charge in [-0.25, -0.2) is 4.98 Å². The van der Waals surface area contributed by atoms with Crippen LogP contribution < -0.4 is 5.73 Å². The normalized spacial score (nSPS) is 11.8. The highest BCUT2D eigenvalue weighted by atomic mass is 19.4. The van der Waals surface area contributed by atoms with Crippen LogP contribution in [0.5, 0.6) is 0 Å². The summed E-state index contributed by atoms with van der Waals surface area (Å²) in [4.78, 5) is 3.88. The number of alkyl halides is 3. The number of nitrogen functional groups attached to an aromatic ring is 1. The maximum Gasteiger partial charge on any atom is 0.418 e. The first-order valence-electron chi connectivity index (χ1n) is 4.87. The first-order valence-corrected chi connectivity index (χ1v) is 4.87. The van der Waals surface area contributed by atoms with Crippen LogP contribution in [0.4, 0.5) is 19.0 Å². The number of aromatic nitrogens is 2. The number of imidazole rings is 1. The quantitative estimate of drug-likeness (QED) is 0.834. The standard InChI is InChI=1S/C11H10F3N3/c1-7-16-10(15)6-17(7)9-5-3-2-4-8(9)11(12,13)14/h2-6H,15H2,1H3. The number of nitrogens with zero attached hydrogens (tertiary/aromatic N) is 2. The number of hydrogen-bond acceptors (Lipinski definition) is 2. The van der Waals surface area contributed by atoms with E-state index in [9.17, 15) is 13.2 Å². The third-order valence-electron chi connectivity index (χ3n) is 2.37. The monoisotopic (exact) mass is 241 g/mol. The molecular formula is C11H10F3N3. The van der Waals surface area contributed by atoms with Crippen molar-refractivity contribution in [3.63, 3.8) is 0 Å². The minimum atomic E-state index is -4.40. The van der Waals surface area contributed by atoms with Crippen molar-refractivity contribution in [1.82, 2.24) is 9.55 Å². The van der Waals surface area contributed by atoms with Gasteiger partial charge in [0.25, 0.3) is 0 Å². The number of aryl methyl sites for hydroxylation is 1. The summed E-state index contributed by atoms with van der Waals surface area (Å²) in [6, 6.07) is 5.31. The number of benzene rings is 1. The van der Waals surface area contributed by atoms with Gasteiger partial charge in [0.2, 0.25) is 0 Å². The molecule has 1 aromatic heterocycles. The molecule has 0 radical (unpaired) electrons. The molecular weight excluding hydrogens is 231 g/mol. The molecule has 2 N–H and O–H groups in total. The Hall–Kier alpha value is -1.98. The Kier molecular flexibility index (Phi) is 2.57. The lowest BCUT2D eigenvalue weighted by Crippen LogP contribution is -2.10. The van der Waals surface area contributed by atoms with E-state index in [0.717, 1.165) is 6.07 Å². The van der Waals surface area contributed by atoms with Gasteiger partial charge in [0.15, 0.2) is 0 Å². The summed E-state index contributed by atoms with van der Waals surface area (Å²) < 4.78 is 39.8. The van der Waals surface area contributed by atoms with Crippen LogP contribution in [-0.4, -0.2) is 9.55 Å². The summed E-state index contributed by atoms with van der Waals surface area (Å²) >= 11 is 0. The molecule has 0 spiro atoms. The van der Waals surface area contributed by atoms with Crippen LogP contribution in [0.1, 0.15) is 11.4 Å². The maximum absolute atomic E-state index is 12.8. The summed E-state index contributed by atoms with van der Waals surface area (Å²) in [7, 11) is 0. The lowest BCUT2D eigenvalue weighted by atomic mass is 10.1. The van der Waals surface area contributed by atoms with Crippen molar-refractivity contribution in [1.29, 1.82) is 0 Å². The van der Waals surface area contributed by atoms with Gasteiger partial charge in [-0.15, -0.1) is 0 Å². The fourth-order valence-corrected chi connectivity index (χ4v) is 1.66. The van der Waals surface area contributed by atoms with Crippen molar-refractivity contribution in [3.8, 4) is 5.69 Å². The molecule has 0 bridgehead atoms. The van der Waals surface area contributed by atoms with Crippen LogP contribution in [0.2, 0.25) is 0 Å². The van der Waals surface area contributed by atoms with Gasteiger partial charge in [0.1, 0.15) is 11.6 Å². The van der Waals surface area contributed by atoms with Gasteiger partial charge in [-0.3, -0.25) is 0 Å². The van der Waals surface area contributed by atoms with E-state index in [1.165, 1.54) is 22.9 Å². The predicted molar refractivity (Wildman–Crippen MR) is 57.7 cm³/mol. The van der Waals surface area contributed by atoms with Gasteiger partial charge in [0.05, 0.1) is 17.4 Å². The topological polar surface area (TPSA) is 43.8 Å². The van der Waals surface area contributed by atoms with Crippen LogP contribution in [0.25, 0.3) is 5.69 Å².